The number of rotatable bonds is 4. The Hall–Kier alpha value is -1.68. The fourth-order valence-corrected chi connectivity index (χ4v) is 2.09. The van der Waals surface area contributed by atoms with Crippen molar-refractivity contribution in [2.75, 3.05) is 0 Å². The molecule has 1 aromatic carbocycles. The van der Waals surface area contributed by atoms with Gasteiger partial charge in [0, 0.05) is 24.2 Å². The predicted molar refractivity (Wildman–Crippen MR) is 67.7 cm³/mol. The topological polar surface area (TPSA) is 38.0 Å². The highest BCUT2D eigenvalue weighted by molar-refractivity contribution is 5.22. The van der Waals surface area contributed by atoms with Crippen molar-refractivity contribution in [3.63, 3.8) is 0 Å². The second kappa shape index (κ2) is 5.31. The average molecular weight is 248 g/mol. The lowest BCUT2D eigenvalue weighted by Gasteiger charge is -2.12. The van der Waals surface area contributed by atoms with Crippen LogP contribution >= 0.6 is 0 Å². The van der Waals surface area contributed by atoms with E-state index in [0.29, 0.717) is 12.0 Å². The maximum atomic E-state index is 13.5. The summed E-state index contributed by atoms with van der Waals surface area (Å²) in [7, 11) is 0. The van der Waals surface area contributed by atoms with E-state index in [-0.39, 0.29) is 5.82 Å². The van der Waals surface area contributed by atoms with Crippen LogP contribution in [0, 0.1) is 12.7 Å². The van der Waals surface area contributed by atoms with Crippen molar-refractivity contribution >= 4 is 0 Å². The highest BCUT2D eigenvalue weighted by Crippen LogP contribution is 2.21. The van der Waals surface area contributed by atoms with Gasteiger partial charge in [0.25, 0.3) is 0 Å². The largest absolute Gasteiger partial charge is 0.388 e. The Kier molecular flexibility index (Phi) is 3.77. The van der Waals surface area contributed by atoms with E-state index in [9.17, 15) is 9.50 Å². The van der Waals surface area contributed by atoms with Gasteiger partial charge in [-0.3, -0.25) is 4.68 Å². The van der Waals surface area contributed by atoms with Crippen molar-refractivity contribution in [1.29, 1.82) is 0 Å². The molecule has 1 heterocycles. The third kappa shape index (κ3) is 2.59. The van der Waals surface area contributed by atoms with E-state index in [0.717, 1.165) is 17.9 Å². The van der Waals surface area contributed by atoms with Crippen molar-refractivity contribution in [3.8, 4) is 0 Å². The first-order valence-electron chi connectivity index (χ1n) is 6.07. The number of aromatic nitrogens is 2. The van der Waals surface area contributed by atoms with E-state index in [1.807, 2.05) is 24.6 Å². The van der Waals surface area contributed by atoms with Gasteiger partial charge in [-0.2, -0.15) is 5.10 Å². The predicted octanol–water partition coefficient (Wildman–Crippen LogP) is 2.63. The highest BCUT2D eigenvalue weighted by Gasteiger charge is 2.15. The Morgan fingerprint density at radius 2 is 2.11 bits per heavy atom. The number of hydrogen-bond acceptors (Lipinski definition) is 2. The van der Waals surface area contributed by atoms with E-state index in [1.165, 1.54) is 6.07 Å². The molecule has 0 amide bonds. The molecule has 0 radical (unpaired) electrons. The van der Waals surface area contributed by atoms with Gasteiger partial charge in [0.15, 0.2) is 0 Å². The zero-order chi connectivity index (χ0) is 13.1. The summed E-state index contributed by atoms with van der Waals surface area (Å²) in [5.74, 6) is -0.371. The normalized spacial score (nSPS) is 12.7. The number of hydrogen-bond donors (Lipinski definition) is 1. The summed E-state index contributed by atoms with van der Waals surface area (Å²) >= 11 is 0. The monoisotopic (exact) mass is 248 g/mol. The first-order chi connectivity index (χ1) is 8.61. The maximum absolute atomic E-state index is 13.5. The number of aliphatic hydroxyl groups is 1. The molecule has 2 aromatic rings. The van der Waals surface area contributed by atoms with Crippen molar-refractivity contribution in [2.24, 2.45) is 0 Å². The van der Waals surface area contributed by atoms with Crippen LogP contribution in [0.2, 0.25) is 0 Å². The Bertz CT molecular complexity index is 536. The van der Waals surface area contributed by atoms with E-state index < -0.39 is 6.10 Å². The molecule has 0 saturated carbocycles. The molecule has 1 aromatic heterocycles. The summed E-state index contributed by atoms with van der Waals surface area (Å²) in [5, 5.41) is 14.4. The number of aryl methyl sites for hydroxylation is 2. The molecule has 0 bridgehead atoms. The molecular formula is C14H17FN2O. The van der Waals surface area contributed by atoms with Crippen LogP contribution in [0.5, 0.6) is 0 Å². The molecule has 0 fully saturated rings. The van der Waals surface area contributed by atoms with Crippen molar-refractivity contribution in [1.82, 2.24) is 9.78 Å². The first kappa shape index (κ1) is 12.8. The van der Waals surface area contributed by atoms with Gasteiger partial charge in [-0.05, 0) is 26.0 Å². The first-order valence-corrected chi connectivity index (χ1v) is 6.07. The van der Waals surface area contributed by atoms with Crippen LogP contribution in [0.4, 0.5) is 4.39 Å². The molecule has 0 aliphatic carbocycles. The third-order valence-corrected chi connectivity index (χ3v) is 2.95. The fourth-order valence-electron chi connectivity index (χ4n) is 2.09. The fraction of sp³-hybridized carbons (Fsp3) is 0.357. The summed E-state index contributed by atoms with van der Waals surface area (Å²) in [6.07, 6.45) is -0.470. The van der Waals surface area contributed by atoms with Gasteiger partial charge in [-0.25, -0.2) is 4.39 Å². The summed E-state index contributed by atoms with van der Waals surface area (Å²) in [6.45, 7) is 4.64. The van der Waals surface area contributed by atoms with E-state index in [4.69, 9.17) is 0 Å². The molecule has 1 atom stereocenters. The molecule has 0 saturated heterocycles. The van der Waals surface area contributed by atoms with Gasteiger partial charge in [-0.1, -0.05) is 18.2 Å². The van der Waals surface area contributed by atoms with Crippen molar-refractivity contribution in [2.45, 2.75) is 32.9 Å². The molecule has 0 aliphatic heterocycles. The highest BCUT2D eigenvalue weighted by atomic mass is 19.1. The van der Waals surface area contributed by atoms with Crippen LogP contribution in [-0.2, 0) is 13.0 Å². The van der Waals surface area contributed by atoms with Crippen LogP contribution in [0.3, 0.4) is 0 Å². The summed E-state index contributed by atoms with van der Waals surface area (Å²) in [4.78, 5) is 0. The van der Waals surface area contributed by atoms with Crippen LogP contribution in [0.25, 0.3) is 0 Å². The zero-order valence-corrected chi connectivity index (χ0v) is 10.6. The van der Waals surface area contributed by atoms with E-state index in [1.54, 1.807) is 18.2 Å². The molecule has 0 spiro atoms. The van der Waals surface area contributed by atoms with Crippen molar-refractivity contribution < 1.29 is 9.50 Å². The van der Waals surface area contributed by atoms with Gasteiger partial charge in [0.1, 0.15) is 5.82 Å². The molecule has 2 rings (SSSR count). The average Bonchev–Trinajstić information content (AvgIpc) is 2.70. The summed E-state index contributed by atoms with van der Waals surface area (Å²) < 4.78 is 15.4. The number of halogens is 1. The van der Waals surface area contributed by atoms with Gasteiger partial charge >= 0.3 is 0 Å². The lowest BCUT2D eigenvalue weighted by Crippen LogP contribution is -2.09. The van der Waals surface area contributed by atoms with Gasteiger partial charge in [0.05, 0.1) is 11.8 Å². The second-order valence-electron chi connectivity index (χ2n) is 4.33. The number of benzene rings is 1. The lowest BCUT2D eigenvalue weighted by atomic mass is 10.0. The number of nitrogens with zero attached hydrogens (tertiary/aromatic N) is 2. The second-order valence-corrected chi connectivity index (χ2v) is 4.33. The zero-order valence-electron chi connectivity index (χ0n) is 10.6. The molecule has 96 valence electrons. The van der Waals surface area contributed by atoms with Gasteiger partial charge in [0.2, 0.25) is 0 Å². The van der Waals surface area contributed by atoms with Crippen molar-refractivity contribution in [3.05, 3.63) is 53.1 Å². The van der Waals surface area contributed by atoms with Gasteiger partial charge < -0.3 is 5.11 Å². The molecule has 0 aliphatic rings. The Morgan fingerprint density at radius 3 is 2.78 bits per heavy atom. The van der Waals surface area contributed by atoms with E-state index >= 15 is 0 Å². The molecule has 1 unspecified atom stereocenters. The summed E-state index contributed by atoms with van der Waals surface area (Å²) in [5.41, 5.74) is 2.16. The minimum absolute atomic E-state index is 0.332. The molecule has 18 heavy (non-hydrogen) atoms. The lowest BCUT2D eigenvalue weighted by molar-refractivity contribution is 0.170. The summed E-state index contributed by atoms with van der Waals surface area (Å²) in [6, 6.07) is 8.24. The quantitative estimate of drug-likeness (QED) is 0.903. The molecule has 4 heteroatoms. The standard InChI is InChI=1S/C14H17FN2O/c1-3-17-11(8-10(2)16-17)9-14(18)12-6-4-5-7-13(12)15/h4-8,14,18H,3,9H2,1-2H3. The Morgan fingerprint density at radius 1 is 1.39 bits per heavy atom. The van der Waals surface area contributed by atoms with Crippen LogP contribution in [0.1, 0.15) is 30.0 Å². The third-order valence-electron chi connectivity index (χ3n) is 2.95. The van der Waals surface area contributed by atoms with Crippen LogP contribution < -0.4 is 0 Å². The number of aliphatic hydroxyl groups excluding tert-OH is 1. The van der Waals surface area contributed by atoms with Crippen LogP contribution in [0.15, 0.2) is 30.3 Å². The molecule has 1 N–H and O–H groups in total. The maximum Gasteiger partial charge on any atom is 0.129 e. The minimum Gasteiger partial charge on any atom is -0.388 e. The Labute approximate surface area is 106 Å². The SMILES string of the molecule is CCn1nc(C)cc1CC(O)c1ccccc1F. The van der Waals surface area contributed by atoms with E-state index in [2.05, 4.69) is 5.10 Å². The minimum atomic E-state index is -0.840. The molecular weight excluding hydrogens is 231 g/mol. The molecule has 3 nitrogen and oxygen atoms in total. The van der Waals surface area contributed by atoms with Crippen LogP contribution in [-0.4, -0.2) is 14.9 Å². The Balaban J connectivity index is 2.21. The van der Waals surface area contributed by atoms with Gasteiger partial charge in [-0.15, -0.1) is 0 Å². The smallest absolute Gasteiger partial charge is 0.129 e.